The fraction of sp³-hybridized carbons (Fsp3) is 0. The summed E-state index contributed by atoms with van der Waals surface area (Å²) in [4.78, 5) is 2.41. The summed E-state index contributed by atoms with van der Waals surface area (Å²) in [6.45, 7) is 0. The average Bonchev–Trinajstić information content (AvgIpc) is 3.89. The van der Waals surface area contributed by atoms with Crippen molar-refractivity contribution in [1.29, 1.82) is 0 Å². The summed E-state index contributed by atoms with van der Waals surface area (Å²) in [5.74, 6) is 0. The summed E-state index contributed by atoms with van der Waals surface area (Å²) >= 11 is 0. The molecule has 0 aliphatic rings. The number of para-hydroxylation sites is 4. The van der Waals surface area contributed by atoms with Crippen LogP contribution in [0.25, 0.3) is 93.6 Å². The van der Waals surface area contributed by atoms with Crippen molar-refractivity contribution >= 4 is 71.6 Å². The lowest BCUT2D eigenvalue weighted by atomic mass is 9.99. The van der Waals surface area contributed by atoms with E-state index in [4.69, 9.17) is 4.42 Å². The molecule has 0 bridgehead atoms. The first-order valence-electron chi connectivity index (χ1n) is 20.8. The van der Waals surface area contributed by atoms with E-state index >= 15 is 0 Å². The zero-order valence-electron chi connectivity index (χ0n) is 33.2. The van der Waals surface area contributed by atoms with E-state index in [2.05, 4.69) is 228 Å². The van der Waals surface area contributed by atoms with Gasteiger partial charge in [0.25, 0.3) is 0 Å². The minimum atomic E-state index is 0.901. The SMILES string of the molecule is c1ccc(-c2ccc(-c3ccc(N(c4ccc(-c5cccc6c5oc5ccccc56)cc4)c4cc(-n5c6ccccc6c6ccccc65)cc5ccccc45)cc3)cc2)cc1. The Kier molecular flexibility index (Phi) is 8.17. The Balaban J connectivity index is 1.02. The number of hydrogen-bond acceptors (Lipinski definition) is 2. The topological polar surface area (TPSA) is 21.3 Å². The highest BCUT2D eigenvalue weighted by atomic mass is 16.3. The van der Waals surface area contributed by atoms with Crippen LogP contribution in [-0.2, 0) is 0 Å². The van der Waals surface area contributed by atoms with Crippen LogP contribution in [0, 0.1) is 0 Å². The molecule has 3 heteroatoms. The quantitative estimate of drug-likeness (QED) is 0.161. The molecule has 0 saturated heterocycles. The van der Waals surface area contributed by atoms with Crippen LogP contribution < -0.4 is 4.90 Å². The largest absolute Gasteiger partial charge is 0.455 e. The highest BCUT2D eigenvalue weighted by Gasteiger charge is 2.20. The predicted octanol–water partition coefficient (Wildman–Crippen LogP) is 16.3. The Hall–Kier alpha value is -8.14. The lowest BCUT2D eigenvalue weighted by molar-refractivity contribution is 0.670. The van der Waals surface area contributed by atoms with Gasteiger partial charge in [-0.2, -0.15) is 0 Å². The molecule has 0 aliphatic carbocycles. The molecule has 2 aromatic heterocycles. The van der Waals surface area contributed by atoms with E-state index in [1.165, 1.54) is 54.8 Å². The summed E-state index contributed by atoms with van der Waals surface area (Å²) in [5.41, 5.74) is 15.5. The highest BCUT2D eigenvalue weighted by Crippen LogP contribution is 2.44. The Morgan fingerprint density at radius 2 is 0.836 bits per heavy atom. The average molecular weight is 779 g/mol. The molecule has 286 valence electrons. The Labute approximate surface area is 353 Å². The fourth-order valence-electron chi connectivity index (χ4n) is 9.27. The number of nitrogens with zero attached hydrogens (tertiary/aromatic N) is 2. The number of aromatic nitrogens is 1. The van der Waals surface area contributed by atoms with Crippen molar-refractivity contribution in [3.05, 3.63) is 231 Å². The van der Waals surface area contributed by atoms with Crippen molar-refractivity contribution < 1.29 is 4.42 Å². The van der Waals surface area contributed by atoms with Crippen molar-refractivity contribution in [2.45, 2.75) is 0 Å². The lowest BCUT2D eigenvalue weighted by Gasteiger charge is -2.28. The third kappa shape index (κ3) is 5.90. The smallest absolute Gasteiger partial charge is 0.143 e. The summed E-state index contributed by atoms with van der Waals surface area (Å²) in [6, 6.07) is 83.0. The van der Waals surface area contributed by atoms with Crippen molar-refractivity contribution in [1.82, 2.24) is 4.57 Å². The van der Waals surface area contributed by atoms with Crippen molar-refractivity contribution in [2.75, 3.05) is 4.90 Å². The van der Waals surface area contributed by atoms with Gasteiger partial charge in [0.2, 0.25) is 0 Å². The number of anilines is 3. The van der Waals surface area contributed by atoms with Gasteiger partial charge in [-0.3, -0.25) is 0 Å². The Morgan fingerprint density at radius 3 is 1.49 bits per heavy atom. The van der Waals surface area contributed by atoms with Gasteiger partial charge in [0.1, 0.15) is 11.2 Å². The maximum Gasteiger partial charge on any atom is 0.143 e. The van der Waals surface area contributed by atoms with Crippen LogP contribution in [0.3, 0.4) is 0 Å². The van der Waals surface area contributed by atoms with Crippen LogP contribution >= 0.6 is 0 Å². The van der Waals surface area contributed by atoms with E-state index in [0.717, 1.165) is 55.8 Å². The second kappa shape index (κ2) is 14.3. The molecule has 61 heavy (non-hydrogen) atoms. The van der Waals surface area contributed by atoms with Crippen molar-refractivity contribution in [3.8, 4) is 39.1 Å². The summed E-state index contributed by atoms with van der Waals surface area (Å²) < 4.78 is 8.89. The first-order chi connectivity index (χ1) is 30.2. The van der Waals surface area contributed by atoms with E-state index in [9.17, 15) is 0 Å². The molecule has 0 spiro atoms. The molecule has 0 saturated carbocycles. The Morgan fingerprint density at radius 1 is 0.344 bits per heavy atom. The number of benzene rings is 10. The van der Waals surface area contributed by atoms with Gasteiger partial charge in [-0.05, 0) is 87.8 Å². The molecule has 0 unspecified atom stereocenters. The molecule has 0 radical (unpaired) electrons. The number of furan rings is 1. The predicted molar refractivity (Wildman–Crippen MR) is 257 cm³/mol. The molecule has 3 nitrogen and oxygen atoms in total. The first kappa shape index (κ1) is 34.9. The first-order valence-corrected chi connectivity index (χ1v) is 20.8. The van der Waals surface area contributed by atoms with Gasteiger partial charge in [0.15, 0.2) is 0 Å². The van der Waals surface area contributed by atoms with Gasteiger partial charge in [-0.1, -0.05) is 176 Å². The van der Waals surface area contributed by atoms with Gasteiger partial charge < -0.3 is 13.9 Å². The minimum absolute atomic E-state index is 0.901. The molecular weight excluding hydrogens is 741 g/mol. The number of rotatable bonds is 7. The highest BCUT2D eigenvalue weighted by molar-refractivity contribution is 6.11. The second-order valence-electron chi connectivity index (χ2n) is 15.7. The van der Waals surface area contributed by atoms with E-state index in [0.29, 0.717) is 0 Å². The minimum Gasteiger partial charge on any atom is -0.455 e. The van der Waals surface area contributed by atoms with Crippen molar-refractivity contribution in [2.24, 2.45) is 0 Å². The molecule has 12 rings (SSSR count). The van der Waals surface area contributed by atoms with Crippen molar-refractivity contribution in [3.63, 3.8) is 0 Å². The fourth-order valence-corrected chi connectivity index (χ4v) is 9.27. The molecule has 10 aromatic carbocycles. The number of fused-ring (bicyclic) bond motifs is 7. The Bertz CT molecular complexity index is 3510. The maximum atomic E-state index is 6.48. The molecule has 0 atom stereocenters. The van der Waals surface area contributed by atoms with E-state index in [1.54, 1.807) is 0 Å². The third-order valence-corrected chi connectivity index (χ3v) is 12.2. The summed E-state index contributed by atoms with van der Waals surface area (Å²) in [5, 5.41) is 7.09. The van der Waals surface area contributed by atoms with E-state index in [1.807, 2.05) is 12.1 Å². The molecule has 0 N–H and O–H groups in total. The maximum absolute atomic E-state index is 6.48. The molecule has 0 fully saturated rings. The summed E-state index contributed by atoms with van der Waals surface area (Å²) in [7, 11) is 0. The molecule has 12 aromatic rings. The van der Waals surface area contributed by atoms with Gasteiger partial charge in [0.05, 0.1) is 16.7 Å². The normalized spacial score (nSPS) is 11.6. The van der Waals surface area contributed by atoms with E-state index in [-0.39, 0.29) is 0 Å². The van der Waals surface area contributed by atoms with Crippen LogP contribution in [0.2, 0.25) is 0 Å². The number of hydrogen-bond donors (Lipinski definition) is 0. The van der Waals surface area contributed by atoms with Crippen LogP contribution in [0.4, 0.5) is 17.1 Å². The van der Waals surface area contributed by atoms with Crippen LogP contribution in [0.15, 0.2) is 235 Å². The zero-order chi connectivity index (χ0) is 40.3. The van der Waals surface area contributed by atoms with Crippen LogP contribution in [0.5, 0.6) is 0 Å². The monoisotopic (exact) mass is 778 g/mol. The molecular formula is C58H38N2O. The molecule has 2 heterocycles. The lowest BCUT2D eigenvalue weighted by Crippen LogP contribution is -2.11. The third-order valence-electron chi connectivity index (χ3n) is 12.2. The molecule has 0 amide bonds. The van der Waals surface area contributed by atoms with Gasteiger partial charge in [0, 0.05) is 49.6 Å². The van der Waals surface area contributed by atoms with Gasteiger partial charge in [-0.25, -0.2) is 0 Å². The van der Waals surface area contributed by atoms with Crippen LogP contribution in [-0.4, -0.2) is 4.57 Å². The molecule has 0 aliphatic heterocycles. The van der Waals surface area contributed by atoms with Crippen LogP contribution in [0.1, 0.15) is 0 Å². The standard InChI is InChI=1S/C58H38N2O/c1-2-13-39(14-3-1)40-25-27-41(28-26-40)42-29-33-45(34-30-42)59(46-35-31-43(32-36-46)49-20-12-21-53-52-19-8-11-24-57(52)61-58(49)53)56-38-47(37-44-15-4-5-16-48(44)56)60-54-22-9-6-17-50(54)51-18-7-10-23-55(51)60/h1-38H. The summed E-state index contributed by atoms with van der Waals surface area (Å²) in [6.07, 6.45) is 0. The second-order valence-corrected chi connectivity index (χ2v) is 15.7. The van der Waals surface area contributed by atoms with E-state index < -0.39 is 0 Å². The zero-order valence-corrected chi connectivity index (χ0v) is 33.2. The van der Waals surface area contributed by atoms with Gasteiger partial charge >= 0.3 is 0 Å². The van der Waals surface area contributed by atoms with Gasteiger partial charge in [-0.15, -0.1) is 0 Å².